The van der Waals surface area contributed by atoms with Crippen LogP contribution >= 0.6 is 0 Å². The molecular weight excluding hydrogens is 262 g/mol. The lowest BCUT2D eigenvalue weighted by molar-refractivity contribution is 0.202. The van der Waals surface area contributed by atoms with Crippen molar-refractivity contribution in [2.24, 2.45) is 5.73 Å². The maximum atomic E-state index is 6.13. The number of rotatable bonds is 7. The molecule has 0 aliphatic rings. The number of ether oxygens (including phenoxy) is 2. The molecule has 3 nitrogen and oxygen atoms in total. The van der Waals surface area contributed by atoms with Crippen LogP contribution in [0.2, 0.25) is 0 Å². The highest BCUT2D eigenvalue weighted by atomic mass is 16.5. The van der Waals surface area contributed by atoms with Gasteiger partial charge in [0.25, 0.3) is 0 Å². The van der Waals surface area contributed by atoms with Crippen molar-refractivity contribution in [3.8, 4) is 11.5 Å². The number of benzene rings is 2. The zero-order chi connectivity index (χ0) is 15.1. The van der Waals surface area contributed by atoms with E-state index in [4.69, 9.17) is 15.2 Å². The van der Waals surface area contributed by atoms with E-state index in [1.807, 2.05) is 36.4 Å². The van der Waals surface area contributed by atoms with Gasteiger partial charge < -0.3 is 15.2 Å². The number of nitrogens with two attached hydrogens (primary N) is 1. The SMILES string of the molecule is CCC(N)c1ccccc1Oc1ccc(CCOC)cc1. The molecule has 21 heavy (non-hydrogen) atoms. The summed E-state index contributed by atoms with van der Waals surface area (Å²) in [5, 5.41) is 0. The van der Waals surface area contributed by atoms with E-state index in [9.17, 15) is 0 Å². The minimum absolute atomic E-state index is 0.00201. The van der Waals surface area contributed by atoms with Gasteiger partial charge in [0.1, 0.15) is 11.5 Å². The van der Waals surface area contributed by atoms with Crippen LogP contribution in [0.3, 0.4) is 0 Å². The van der Waals surface area contributed by atoms with Gasteiger partial charge in [-0.2, -0.15) is 0 Å². The first-order valence-electron chi connectivity index (χ1n) is 7.34. The molecule has 2 N–H and O–H groups in total. The molecule has 0 aliphatic carbocycles. The van der Waals surface area contributed by atoms with Gasteiger partial charge in [-0.05, 0) is 36.6 Å². The van der Waals surface area contributed by atoms with Crippen molar-refractivity contribution in [1.29, 1.82) is 0 Å². The molecule has 1 unspecified atom stereocenters. The Morgan fingerprint density at radius 3 is 2.43 bits per heavy atom. The van der Waals surface area contributed by atoms with Crippen LogP contribution in [0, 0.1) is 0 Å². The van der Waals surface area contributed by atoms with Crippen molar-refractivity contribution < 1.29 is 9.47 Å². The molecule has 0 amide bonds. The van der Waals surface area contributed by atoms with Gasteiger partial charge in [0.2, 0.25) is 0 Å². The standard InChI is InChI=1S/C18H23NO2/c1-3-17(19)16-6-4-5-7-18(16)21-15-10-8-14(9-11-15)12-13-20-2/h4-11,17H,3,12-13,19H2,1-2H3. The van der Waals surface area contributed by atoms with Crippen molar-refractivity contribution in [2.75, 3.05) is 13.7 Å². The van der Waals surface area contributed by atoms with Crippen LogP contribution in [-0.2, 0) is 11.2 Å². The summed E-state index contributed by atoms with van der Waals surface area (Å²) in [4.78, 5) is 0. The molecule has 0 heterocycles. The summed E-state index contributed by atoms with van der Waals surface area (Å²) in [5.74, 6) is 1.66. The monoisotopic (exact) mass is 285 g/mol. The Bertz CT molecular complexity index is 551. The number of methoxy groups -OCH3 is 1. The zero-order valence-electron chi connectivity index (χ0n) is 12.7. The van der Waals surface area contributed by atoms with Gasteiger partial charge in [0, 0.05) is 18.7 Å². The highest BCUT2D eigenvalue weighted by Crippen LogP contribution is 2.29. The van der Waals surface area contributed by atoms with Gasteiger partial charge in [-0.3, -0.25) is 0 Å². The first-order chi connectivity index (χ1) is 10.2. The molecule has 0 bridgehead atoms. The average Bonchev–Trinajstić information content (AvgIpc) is 2.54. The fraction of sp³-hybridized carbons (Fsp3) is 0.333. The minimum atomic E-state index is 0.00201. The van der Waals surface area contributed by atoms with Gasteiger partial charge >= 0.3 is 0 Å². The summed E-state index contributed by atoms with van der Waals surface area (Å²) in [7, 11) is 1.71. The fourth-order valence-electron chi connectivity index (χ4n) is 2.17. The molecule has 0 spiro atoms. The van der Waals surface area contributed by atoms with Crippen LogP contribution in [0.5, 0.6) is 11.5 Å². The Morgan fingerprint density at radius 1 is 1.05 bits per heavy atom. The second-order valence-electron chi connectivity index (χ2n) is 5.04. The topological polar surface area (TPSA) is 44.5 Å². The van der Waals surface area contributed by atoms with E-state index in [1.54, 1.807) is 7.11 Å². The van der Waals surface area contributed by atoms with Crippen LogP contribution in [0.15, 0.2) is 48.5 Å². The highest BCUT2D eigenvalue weighted by molar-refractivity contribution is 5.40. The fourth-order valence-corrected chi connectivity index (χ4v) is 2.17. The highest BCUT2D eigenvalue weighted by Gasteiger charge is 2.10. The molecule has 0 aliphatic heterocycles. The molecule has 0 saturated heterocycles. The van der Waals surface area contributed by atoms with Crippen molar-refractivity contribution in [3.05, 3.63) is 59.7 Å². The second kappa shape index (κ2) is 7.81. The predicted molar refractivity (Wildman–Crippen MR) is 85.8 cm³/mol. The van der Waals surface area contributed by atoms with Crippen LogP contribution < -0.4 is 10.5 Å². The Labute approximate surface area is 126 Å². The molecular formula is C18H23NO2. The maximum absolute atomic E-state index is 6.13. The van der Waals surface area contributed by atoms with Crippen LogP contribution in [0.25, 0.3) is 0 Å². The summed E-state index contributed by atoms with van der Waals surface area (Å²) < 4.78 is 11.1. The lowest BCUT2D eigenvalue weighted by Gasteiger charge is -2.15. The van der Waals surface area contributed by atoms with E-state index in [0.717, 1.165) is 36.5 Å². The third kappa shape index (κ3) is 4.31. The molecule has 0 saturated carbocycles. The zero-order valence-corrected chi connectivity index (χ0v) is 12.7. The van der Waals surface area contributed by atoms with Crippen molar-refractivity contribution in [1.82, 2.24) is 0 Å². The molecule has 2 rings (SSSR count). The van der Waals surface area contributed by atoms with E-state index < -0.39 is 0 Å². The van der Waals surface area contributed by atoms with Crippen molar-refractivity contribution >= 4 is 0 Å². The predicted octanol–water partition coefficient (Wildman–Crippen LogP) is 4.08. The van der Waals surface area contributed by atoms with Crippen molar-refractivity contribution in [2.45, 2.75) is 25.8 Å². The third-order valence-electron chi connectivity index (χ3n) is 3.50. The molecule has 2 aromatic rings. The smallest absolute Gasteiger partial charge is 0.132 e. The molecule has 0 fully saturated rings. The van der Waals surface area contributed by atoms with E-state index in [1.165, 1.54) is 5.56 Å². The Hall–Kier alpha value is -1.84. The molecule has 112 valence electrons. The molecule has 2 aromatic carbocycles. The summed E-state index contributed by atoms with van der Waals surface area (Å²) in [6.45, 7) is 2.81. The second-order valence-corrected chi connectivity index (χ2v) is 5.04. The maximum Gasteiger partial charge on any atom is 0.132 e. The summed E-state index contributed by atoms with van der Waals surface area (Å²) >= 11 is 0. The lowest BCUT2D eigenvalue weighted by Crippen LogP contribution is -2.09. The quantitative estimate of drug-likeness (QED) is 0.833. The van der Waals surface area contributed by atoms with Gasteiger partial charge in [0.05, 0.1) is 6.61 Å². The molecule has 3 heteroatoms. The first-order valence-corrected chi connectivity index (χ1v) is 7.34. The summed E-state index contributed by atoms with van der Waals surface area (Å²) in [6.07, 6.45) is 1.80. The Kier molecular flexibility index (Phi) is 5.78. The van der Waals surface area contributed by atoms with Crippen LogP contribution in [-0.4, -0.2) is 13.7 Å². The molecule has 0 radical (unpaired) electrons. The van der Waals surface area contributed by atoms with E-state index in [2.05, 4.69) is 19.1 Å². The normalized spacial score (nSPS) is 12.1. The van der Waals surface area contributed by atoms with Gasteiger partial charge in [0.15, 0.2) is 0 Å². The first kappa shape index (κ1) is 15.5. The summed E-state index contributed by atoms with van der Waals surface area (Å²) in [6, 6.07) is 16.0. The number of para-hydroxylation sites is 1. The Morgan fingerprint density at radius 2 is 1.76 bits per heavy atom. The van der Waals surface area contributed by atoms with Crippen molar-refractivity contribution in [3.63, 3.8) is 0 Å². The van der Waals surface area contributed by atoms with Gasteiger partial charge in [-0.1, -0.05) is 37.3 Å². The lowest BCUT2D eigenvalue weighted by atomic mass is 10.0. The Balaban J connectivity index is 2.11. The van der Waals surface area contributed by atoms with E-state index >= 15 is 0 Å². The minimum Gasteiger partial charge on any atom is -0.457 e. The third-order valence-corrected chi connectivity index (χ3v) is 3.50. The van der Waals surface area contributed by atoms with Crippen LogP contribution in [0.1, 0.15) is 30.5 Å². The number of hydrogen-bond acceptors (Lipinski definition) is 3. The molecule has 1 atom stereocenters. The number of hydrogen-bond donors (Lipinski definition) is 1. The summed E-state index contributed by atoms with van der Waals surface area (Å²) in [5.41, 5.74) is 8.42. The largest absolute Gasteiger partial charge is 0.457 e. The van der Waals surface area contributed by atoms with E-state index in [-0.39, 0.29) is 6.04 Å². The average molecular weight is 285 g/mol. The van der Waals surface area contributed by atoms with Crippen LogP contribution in [0.4, 0.5) is 0 Å². The molecule has 0 aromatic heterocycles. The van der Waals surface area contributed by atoms with Gasteiger partial charge in [-0.15, -0.1) is 0 Å². The van der Waals surface area contributed by atoms with E-state index in [0.29, 0.717) is 0 Å². The van der Waals surface area contributed by atoms with Gasteiger partial charge in [-0.25, -0.2) is 0 Å².